The van der Waals surface area contributed by atoms with Gasteiger partial charge in [-0.15, -0.1) is 0 Å². The molecular formula is C14H25N6O4S. The maximum atomic E-state index is 12.1. The van der Waals surface area contributed by atoms with Crippen LogP contribution >= 0.6 is 12.6 Å². The van der Waals surface area contributed by atoms with Crippen LogP contribution in [0.4, 0.5) is 0 Å². The van der Waals surface area contributed by atoms with Crippen LogP contribution in [-0.2, 0) is 19.2 Å². The first-order chi connectivity index (χ1) is 11.5. The van der Waals surface area contributed by atoms with Crippen LogP contribution in [0, 0.1) is 5.41 Å². The predicted octanol–water partition coefficient (Wildman–Crippen LogP) is -2.33. The first kappa shape index (κ1) is 22.9. The van der Waals surface area contributed by atoms with Gasteiger partial charge in [0, 0.05) is 12.3 Å². The number of nitrogens with zero attached hydrogens (tertiary/aromatic N) is 1. The first-order valence-corrected chi connectivity index (χ1v) is 8.13. The second-order valence-electron chi connectivity index (χ2n) is 5.81. The van der Waals surface area contributed by atoms with E-state index in [0.717, 1.165) is 6.92 Å². The Kier molecular flexibility index (Phi) is 9.13. The van der Waals surface area contributed by atoms with E-state index in [1.807, 2.05) is 0 Å². The Labute approximate surface area is 151 Å². The highest BCUT2D eigenvalue weighted by molar-refractivity contribution is 7.80. The van der Waals surface area contributed by atoms with Crippen molar-refractivity contribution in [1.29, 1.82) is 5.41 Å². The molecule has 1 radical (unpaired) electrons. The summed E-state index contributed by atoms with van der Waals surface area (Å²) in [6.07, 6.45) is 1.03. The topological polar surface area (TPSA) is 182 Å². The van der Waals surface area contributed by atoms with Gasteiger partial charge in [0.2, 0.25) is 5.91 Å². The molecule has 25 heavy (non-hydrogen) atoms. The van der Waals surface area contributed by atoms with E-state index in [4.69, 9.17) is 16.9 Å². The number of guanidine groups is 1. The van der Waals surface area contributed by atoms with Crippen molar-refractivity contribution in [3.63, 3.8) is 0 Å². The quantitative estimate of drug-likeness (QED) is 0.0586. The zero-order chi connectivity index (χ0) is 19.7. The number of thiol groups is 1. The van der Waals surface area contributed by atoms with E-state index in [-0.39, 0.29) is 24.4 Å². The molecule has 0 heterocycles. The maximum Gasteiger partial charge on any atom is 0.261 e. The van der Waals surface area contributed by atoms with Crippen LogP contribution in [0.15, 0.2) is 0 Å². The molecule has 0 aliphatic heterocycles. The van der Waals surface area contributed by atoms with Gasteiger partial charge in [-0.05, 0) is 26.7 Å². The molecule has 2 amide bonds. The predicted molar refractivity (Wildman–Crippen MR) is 95.2 cm³/mol. The standard InChI is InChI=1S/C14H25N6O4S/c1-9(22)14(7-21,8-25)20-10(23)6-19-11(24)13(2,17)4-3-5-18-12(15)16/h7,25H,3-6,8,17H2,1-2H3,(H,19,24)(H4,15,16,18)/t13-,14+/m0/s1. The third kappa shape index (κ3) is 7.52. The molecule has 0 aromatic carbocycles. The molecule has 0 unspecified atom stereocenters. The summed E-state index contributed by atoms with van der Waals surface area (Å²) in [5.41, 5.74) is 7.96. The van der Waals surface area contributed by atoms with Gasteiger partial charge in [-0.3, -0.25) is 19.8 Å². The molecule has 2 atom stereocenters. The lowest BCUT2D eigenvalue weighted by Crippen LogP contribution is -2.56. The largest absolute Gasteiger partial charge is 0.370 e. The van der Waals surface area contributed by atoms with Gasteiger partial charge in [-0.1, -0.05) is 0 Å². The fourth-order valence-electron chi connectivity index (χ4n) is 1.78. The van der Waals surface area contributed by atoms with Crippen molar-refractivity contribution < 1.29 is 19.2 Å². The van der Waals surface area contributed by atoms with Gasteiger partial charge in [0.25, 0.3) is 5.91 Å². The Balaban J connectivity index is 4.51. The molecule has 0 aromatic heterocycles. The van der Waals surface area contributed by atoms with Crippen molar-refractivity contribution in [2.24, 2.45) is 11.5 Å². The maximum absolute atomic E-state index is 12.1. The summed E-state index contributed by atoms with van der Waals surface area (Å²) in [4.78, 5) is 46.5. The summed E-state index contributed by atoms with van der Waals surface area (Å²) in [7, 11) is 0. The van der Waals surface area contributed by atoms with E-state index >= 15 is 0 Å². The molecule has 0 aliphatic rings. The number of hydrogen-bond acceptors (Lipinski definition) is 7. The number of carbonyl (C=O) groups is 4. The third-order valence-corrected chi connectivity index (χ3v) is 3.96. The minimum absolute atomic E-state index is 0.177. The minimum Gasteiger partial charge on any atom is -0.370 e. The number of rotatable bonds is 11. The second kappa shape index (κ2) is 9.99. The number of aldehydes is 1. The Morgan fingerprint density at radius 1 is 1.32 bits per heavy atom. The highest BCUT2D eigenvalue weighted by Crippen LogP contribution is 2.09. The van der Waals surface area contributed by atoms with E-state index in [0.29, 0.717) is 13.0 Å². The summed E-state index contributed by atoms with van der Waals surface area (Å²) in [5, 5.41) is 15.5. The third-order valence-electron chi connectivity index (χ3n) is 3.48. The minimum atomic E-state index is -1.84. The molecule has 0 saturated carbocycles. The molecule has 11 heteroatoms. The van der Waals surface area contributed by atoms with Gasteiger partial charge in [-0.2, -0.15) is 12.6 Å². The molecule has 0 saturated heterocycles. The lowest BCUT2D eigenvalue weighted by molar-refractivity contribution is -0.135. The summed E-state index contributed by atoms with van der Waals surface area (Å²) < 4.78 is 0. The van der Waals surface area contributed by atoms with Crippen LogP contribution in [0.3, 0.4) is 0 Å². The number of hydrogen-bond donors (Lipinski definition) is 6. The molecular weight excluding hydrogens is 348 g/mol. The van der Waals surface area contributed by atoms with Crippen molar-refractivity contribution in [2.75, 3.05) is 18.8 Å². The molecule has 0 spiro atoms. The van der Waals surface area contributed by atoms with Gasteiger partial charge < -0.3 is 26.9 Å². The molecule has 0 aromatic rings. The molecule has 0 fully saturated rings. The van der Waals surface area contributed by atoms with Gasteiger partial charge in [0.1, 0.15) is 0 Å². The van der Waals surface area contributed by atoms with Gasteiger partial charge in [-0.25, -0.2) is 5.32 Å². The van der Waals surface area contributed by atoms with E-state index in [1.54, 1.807) is 0 Å². The van der Waals surface area contributed by atoms with Crippen LogP contribution in [0.5, 0.6) is 0 Å². The molecule has 10 nitrogen and oxygen atoms in total. The summed E-state index contributed by atoms with van der Waals surface area (Å²) in [6.45, 7) is 2.52. The van der Waals surface area contributed by atoms with Crippen LogP contribution in [-0.4, -0.2) is 59.8 Å². The van der Waals surface area contributed by atoms with Crippen LogP contribution in [0.1, 0.15) is 26.7 Å². The number of amides is 2. The Morgan fingerprint density at radius 2 is 1.92 bits per heavy atom. The van der Waals surface area contributed by atoms with Crippen molar-refractivity contribution in [3.05, 3.63) is 0 Å². The van der Waals surface area contributed by atoms with Crippen LogP contribution in [0.25, 0.3) is 0 Å². The fraction of sp³-hybridized carbons (Fsp3) is 0.643. The average Bonchev–Trinajstić information content (AvgIpc) is 2.53. The summed E-state index contributed by atoms with van der Waals surface area (Å²) in [6, 6.07) is 0. The lowest BCUT2D eigenvalue weighted by atomic mass is 9.96. The zero-order valence-corrected chi connectivity index (χ0v) is 15.2. The van der Waals surface area contributed by atoms with Crippen molar-refractivity contribution in [3.8, 4) is 0 Å². The van der Waals surface area contributed by atoms with Crippen molar-refractivity contribution >= 4 is 42.5 Å². The molecule has 141 valence electrons. The number of nitrogens with two attached hydrogens (primary N) is 2. The number of carbonyl (C=O) groups excluding carboxylic acids is 4. The van der Waals surface area contributed by atoms with Gasteiger partial charge in [0.05, 0.1) is 12.1 Å². The highest BCUT2D eigenvalue weighted by atomic mass is 32.1. The van der Waals surface area contributed by atoms with Gasteiger partial charge in [0.15, 0.2) is 23.6 Å². The van der Waals surface area contributed by atoms with E-state index in [9.17, 15) is 19.2 Å². The SMILES string of the molecule is CC(=O)[C@@](C=O)(CS)[N]C(=O)CNC(=O)[C@@](C)(N)CCCNC(=N)N. The highest BCUT2D eigenvalue weighted by Gasteiger charge is 2.38. The summed E-state index contributed by atoms with van der Waals surface area (Å²) >= 11 is 3.88. The molecule has 7 N–H and O–H groups in total. The fourth-order valence-corrected chi connectivity index (χ4v) is 2.15. The first-order valence-electron chi connectivity index (χ1n) is 7.50. The summed E-state index contributed by atoms with van der Waals surface area (Å²) in [5.74, 6) is -2.45. The lowest BCUT2D eigenvalue weighted by Gasteiger charge is -2.24. The molecule has 0 aliphatic carbocycles. The smallest absolute Gasteiger partial charge is 0.261 e. The van der Waals surface area contributed by atoms with E-state index < -0.39 is 35.2 Å². The van der Waals surface area contributed by atoms with Crippen molar-refractivity contribution in [1.82, 2.24) is 16.0 Å². The molecule has 0 rings (SSSR count). The second-order valence-corrected chi connectivity index (χ2v) is 6.12. The van der Waals surface area contributed by atoms with Crippen LogP contribution < -0.4 is 27.4 Å². The number of ketones is 1. The number of Topliss-reactive ketones (excluding diaryl/α,β-unsaturated/α-hetero) is 1. The van der Waals surface area contributed by atoms with E-state index in [1.165, 1.54) is 6.92 Å². The Morgan fingerprint density at radius 3 is 2.36 bits per heavy atom. The van der Waals surface area contributed by atoms with Gasteiger partial charge >= 0.3 is 0 Å². The number of nitrogens with one attached hydrogen (secondary N) is 3. The van der Waals surface area contributed by atoms with Crippen molar-refractivity contribution in [2.45, 2.75) is 37.8 Å². The molecule has 0 bridgehead atoms. The normalized spacial score (nSPS) is 15.2. The van der Waals surface area contributed by atoms with Crippen LogP contribution in [0.2, 0.25) is 0 Å². The Hall–Kier alpha value is -2.14. The Bertz CT molecular complexity index is 539. The van der Waals surface area contributed by atoms with E-state index in [2.05, 4.69) is 28.6 Å². The zero-order valence-electron chi connectivity index (χ0n) is 14.3. The average molecular weight is 373 g/mol. The monoisotopic (exact) mass is 373 g/mol.